The number of nitrogens with one attached hydrogen (secondary N) is 1. The second-order valence-corrected chi connectivity index (χ2v) is 7.65. The van der Waals surface area contributed by atoms with Crippen LogP contribution in [0.4, 0.5) is 5.82 Å². The Morgan fingerprint density at radius 3 is 2.33 bits per heavy atom. The zero-order valence-corrected chi connectivity index (χ0v) is 21.5. The van der Waals surface area contributed by atoms with Crippen LogP contribution in [0.3, 0.4) is 0 Å². The van der Waals surface area contributed by atoms with Gasteiger partial charge in [0, 0.05) is 37.2 Å². The van der Waals surface area contributed by atoms with Crippen molar-refractivity contribution >= 4 is 11.4 Å². The Morgan fingerprint density at radius 2 is 1.82 bits per heavy atom. The maximum Gasteiger partial charge on any atom is 0.152 e. The molecule has 0 aliphatic carbocycles. The van der Waals surface area contributed by atoms with Gasteiger partial charge in [-0.15, -0.1) is 0 Å². The van der Waals surface area contributed by atoms with Crippen molar-refractivity contribution in [1.82, 2.24) is 19.7 Å². The molecule has 2 heterocycles. The number of hydrogen-bond donors (Lipinski definition) is 2. The van der Waals surface area contributed by atoms with Gasteiger partial charge in [-0.1, -0.05) is 34.3 Å². The first-order chi connectivity index (χ1) is 15.8. The van der Waals surface area contributed by atoms with Crippen LogP contribution in [0.15, 0.2) is 43.2 Å². The molecule has 33 heavy (non-hydrogen) atoms. The van der Waals surface area contributed by atoms with Crippen LogP contribution in [-0.2, 0) is 0 Å². The fourth-order valence-electron chi connectivity index (χ4n) is 2.99. The summed E-state index contributed by atoms with van der Waals surface area (Å²) in [6.07, 6.45) is 3.65. The Labute approximate surface area is 198 Å². The smallest absolute Gasteiger partial charge is 0.152 e. The highest BCUT2D eigenvalue weighted by molar-refractivity contribution is 5.76. The second-order valence-electron chi connectivity index (χ2n) is 7.65. The number of anilines is 1. The molecule has 0 saturated carbocycles. The minimum Gasteiger partial charge on any atom is -0.496 e. The molecule has 0 aliphatic heterocycles. The summed E-state index contributed by atoms with van der Waals surface area (Å²) >= 11 is 0. The predicted molar refractivity (Wildman–Crippen MR) is 138 cm³/mol. The van der Waals surface area contributed by atoms with Crippen molar-refractivity contribution in [3.8, 4) is 22.7 Å². The van der Waals surface area contributed by atoms with Crippen LogP contribution in [0.5, 0.6) is 5.75 Å². The molecular weight excluding hydrogens is 414 g/mol. The van der Waals surface area contributed by atoms with Gasteiger partial charge in [-0.05, 0) is 50.5 Å². The molecule has 2 N–H and O–H groups in total. The van der Waals surface area contributed by atoms with Crippen LogP contribution in [0, 0.1) is 12.8 Å². The number of rotatable bonds is 7. The van der Waals surface area contributed by atoms with E-state index in [4.69, 9.17) is 19.8 Å². The van der Waals surface area contributed by atoms with Gasteiger partial charge < -0.3 is 15.2 Å². The van der Waals surface area contributed by atoms with E-state index in [1.165, 1.54) is 0 Å². The monoisotopic (exact) mass is 453 g/mol. The van der Waals surface area contributed by atoms with Gasteiger partial charge in [0.25, 0.3) is 0 Å². The topological polar surface area (TPSA) is 85.1 Å². The number of hydrogen-bond acceptors (Lipinski definition) is 6. The van der Waals surface area contributed by atoms with Crippen molar-refractivity contribution in [3.63, 3.8) is 0 Å². The Balaban J connectivity index is 0.00000129. The molecule has 0 bridgehead atoms. The van der Waals surface area contributed by atoms with Crippen LogP contribution >= 0.6 is 0 Å². The fourth-order valence-corrected chi connectivity index (χ4v) is 2.99. The van der Waals surface area contributed by atoms with Gasteiger partial charge in [-0.25, -0.2) is 14.6 Å². The number of ether oxygens (including phenoxy) is 1. The van der Waals surface area contributed by atoms with E-state index in [9.17, 15) is 0 Å². The minimum absolute atomic E-state index is 0.274. The van der Waals surface area contributed by atoms with Crippen molar-refractivity contribution in [2.45, 2.75) is 54.5 Å². The van der Waals surface area contributed by atoms with E-state index in [0.29, 0.717) is 5.92 Å². The van der Waals surface area contributed by atoms with E-state index in [-0.39, 0.29) is 6.04 Å². The summed E-state index contributed by atoms with van der Waals surface area (Å²) < 4.78 is 7.47. The summed E-state index contributed by atoms with van der Waals surface area (Å²) in [7, 11) is 2.66. The lowest BCUT2D eigenvalue weighted by molar-refractivity contribution is 0.399. The molecular formula is C26H39N5O2. The van der Waals surface area contributed by atoms with E-state index < -0.39 is 0 Å². The number of allylic oxidation sites excluding steroid dienone is 1. The molecule has 3 aromatic rings. The quantitative estimate of drug-likeness (QED) is 0.472. The summed E-state index contributed by atoms with van der Waals surface area (Å²) in [5.74, 6) is 1.97. The van der Waals surface area contributed by atoms with E-state index in [0.717, 1.165) is 52.6 Å². The number of aliphatic hydroxyl groups excluding tert-OH is 1. The van der Waals surface area contributed by atoms with Gasteiger partial charge in [0.15, 0.2) is 5.82 Å². The molecule has 0 saturated heterocycles. The molecule has 7 nitrogen and oxygen atoms in total. The molecule has 0 spiro atoms. The first-order valence-corrected chi connectivity index (χ1v) is 11.3. The summed E-state index contributed by atoms with van der Waals surface area (Å²) in [5.41, 5.74) is 5.07. The standard InChI is InChI=1S/C23H29N5O.C2H6.CH4O/c1-14(2)16(5)25-23-21(15(3)4)27-22(17(6)26-23)19-10-9-18(13-20(19)29-7)28-12-8-11-24-28;2*1-2/h8-14,16H,3H2,1-2,4-7H3,(H,25,26);1-2H3;2H,1H3. The van der Waals surface area contributed by atoms with Crippen LogP contribution in [-0.4, -0.2) is 45.1 Å². The van der Waals surface area contributed by atoms with Crippen molar-refractivity contribution < 1.29 is 9.84 Å². The first kappa shape index (κ1) is 27.8. The van der Waals surface area contributed by atoms with Crippen LogP contribution in [0.2, 0.25) is 0 Å². The van der Waals surface area contributed by atoms with Gasteiger partial charge in [0.1, 0.15) is 11.4 Å². The van der Waals surface area contributed by atoms with Crippen molar-refractivity contribution in [3.05, 3.63) is 54.6 Å². The van der Waals surface area contributed by atoms with E-state index in [1.807, 2.05) is 58.2 Å². The van der Waals surface area contributed by atoms with E-state index in [2.05, 4.69) is 37.8 Å². The van der Waals surface area contributed by atoms with Gasteiger partial charge in [0.05, 0.1) is 24.2 Å². The molecule has 1 atom stereocenters. The molecule has 0 amide bonds. The van der Waals surface area contributed by atoms with Gasteiger partial charge in [-0.3, -0.25) is 0 Å². The Hall–Kier alpha value is -3.19. The average molecular weight is 454 g/mol. The van der Waals surface area contributed by atoms with Crippen molar-refractivity contribution in [2.24, 2.45) is 5.92 Å². The number of nitrogens with zero attached hydrogens (tertiary/aromatic N) is 4. The normalized spacial score (nSPS) is 11.0. The number of methoxy groups -OCH3 is 1. The molecule has 180 valence electrons. The number of aliphatic hydroxyl groups is 1. The summed E-state index contributed by atoms with van der Waals surface area (Å²) in [4.78, 5) is 9.76. The fraction of sp³-hybridized carbons (Fsp3) is 0.423. The van der Waals surface area contributed by atoms with E-state index in [1.54, 1.807) is 18.0 Å². The maximum atomic E-state index is 7.00. The lowest BCUT2D eigenvalue weighted by Gasteiger charge is -2.21. The van der Waals surface area contributed by atoms with Crippen molar-refractivity contribution in [1.29, 1.82) is 0 Å². The first-order valence-electron chi connectivity index (χ1n) is 11.3. The molecule has 0 radical (unpaired) electrons. The molecule has 2 aromatic heterocycles. The molecule has 7 heteroatoms. The zero-order chi connectivity index (χ0) is 25.1. The maximum absolute atomic E-state index is 7.00. The summed E-state index contributed by atoms with van der Waals surface area (Å²) in [6, 6.07) is 8.12. The van der Waals surface area contributed by atoms with Crippen LogP contribution < -0.4 is 10.1 Å². The second kappa shape index (κ2) is 13.4. The Kier molecular flexibility index (Phi) is 11.3. The third-order valence-electron chi connectivity index (χ3n) is 5.05. The van der Waals surface area contributed by atoms with Gasteiger partial charge in [0.2, 0.25) is 0 Å². The average Bonchev–Trinajstić information content (AvgIpc) is 3.36. The molecule has 3 rings (SSSR count). The number of aryl methyl sites for hydroxylation is 1. The largest absolute Gasteiger partial charge is 0.496 e. The highest BCUT2D eigenvalue weighted by Gasteiger charge is 2.19. The minimum atomic E-state index is 0.274. The highest BCUT2D eigenvalue weighted by atomic mass is 16.5. The van der Waals surface area contributed by atoms with Gasteiger partial charge in [-0.2, -0.15) is 5.10 Å². The van der Waals surface area contributed by atoms with Gasteiger partial charge >= 0.3 is 0 Å². The Bertz CT molecular complexity index is 1010. The highest BCUT2D eigenvalue weighted by Crippen LogP contribution is 2.34. The SMILES string of the molecule is C=C(C)c1nc(-c2ccc(-n3cccn3)cc2OC)c(C)nc1NC(C)C(C)C.CC.CO. The van der Waals surface area contributed by atoms with E-state index >= 15 is 0 Å². The molecule has 1 unspecified atom stereocenters. The summed E-state index contributed by atoms with van der Waals surface area (Å²) in [6.45, 7) is 18.5. The predicted octanol–water partition coefficient (Wildman–Crippen LogP) is 5.77. The Morgan fingerprint density at radius 1 is 1.15 bits per heavy atom. The molecule has 0 fully saturated rings. The molecule has 1 aromatic carbocycles. The lowest BCUT2D eigenvalue weighted by Crippen LogP contribution is -2.23. The zero-order valence-electron chi connectivity index (χ0n) is 21.5. The third kappa shape index (κ3) is 6.89. The third-order valence-corrected chi connectivity index (χ3v) is 5.05. The summed E-state index contributed by atoms with van der Waals surface area (Å²) in [5, 5.41) is 14.8. The van der Waals surface area contributed by atoms with Crippen molar-refractivity contribution in [2.75, 3.05) is 19.5 Å². The number of benzene rings is 1. The van der Waals surface area contributed by atoms with Crippen LogP contribution in [0.1, 0.15) is 52.9 Å². The number of aromatic nitrogens is 4. The van der Waals surface area contributed by atoms with Crippen LogP contribution in [0.25, 0.3) is 22.5 Å². The lowest BCUT2D eigenvalue weighted by atomic mass is 10.0. The molecule has 0 aliphatic rings.